The number of benzene rings is 1. The number of aliphatic hydroxyl groups excluding tert-OH is 1. The van der Waals surface area contributed by atoms with Crippen molar-refractivity contribution >= 4 is 5.97 Å². The summed E-state index contributed by atoms with van der Waals surface area (Å²) in [7, 11) is 1.44. The van der Waals surface area contributed by atoms with Gasteiger partial charge in [-0.3, -0.25) is 4.79 Å². The lowest BCUT2D eigenvalue weighted by Gasteiger charge is -2.38. The standard InChI is InChI=1S/C29H42O4/c1-3-4-8-15-24(30)18-19-25-26(16-11-5-6-12-17-28(31)32-2)29(21-27(25)33-22-29)20-23-13-9-7-10-14-23/h5,7,9-11,13-14,18-19,24-27,30H,3-4,6,8,12,15-17,20-22H2,1-2H3/b11-5-,19-18+/t24-,25+,26+,27+,29+/m0/s1. The van der Waals surface area contributed by atoms with Crippen LogP contribution in [0.15, 0.2) is 54.6 Å². The molecule has 1 saturated heterocycles. The number of hydrogen-bond acceptors (Lipinski definition) is 4. The molecule has 0 aromatic heterocycles. The summed E-state index contributed by atoms with van der Waals surface area (Å²) in [6, 6.07) is 10.8. The lowest BCUT2D eigenvalue weighted by atomic mass is 9.70. The van der Waals surface area contributed by atoms with E-state index in [-0.39, 0.29) is 23.6 Å². The van der Waals surface area contributed by atoms with E-state index in [2.05, 4.69) is 55.5 Å². The number of rotatable bonds is 14. The summed E-state index contributed by atoms with van der Waals surface area (Å²) >= 11 is 0. The van der Waals surface area contributed by atoms with Gasteiger partial charge in [0.05, 0.1) is 25.9 Å². The van der Waals surface area contributed by atoms with E-state index in [4.69, 9.17) is 9.47 Å². The Morgan fingerprint density at radius 3 is 2.82 bits per heavy atom. The van der Waals surface area contributed by atoms with E-state index < -0.39 is 0 Å². The maximum Gasteiger partial charge on any atom is 0.305 e. The highest BCUT2D eigenvalue weighted by atomic mass is 16.5. The van der Waals surface area contributed by atoms with Crippen LogP contribution in [0.2, 0.25) is 0 Å². The molecule has 3 rings (SSSR count). The van der Waals surface area contributed by atoms with Crippen LogP contribution in [0.3, 0.4) is 0 Å². The van der Waals surface area contributed by atoms with Crippen LogP contribution in [-0.4, -0.2) is 37.0 Å². The normalized spacial score (nSPS) is 27.5. The Bertz CT molecular complexity index is 771. The van der Waals surface area contributed by atoms with Gasteiger partial charge in [0, 0.05) is 17.8 Å². The van der Waals surface area contributed by atoms with Crippen molar-refractivity contribution in [2.75, 3.05) is 13.7 Å². The molecule has 0 spiro atoms. The van der Waals surface area contributed by atoms with Crippen LogP contribution in [0.25, 0.3) is 0 Å². The number of allylic oxidation sites excluding steroid dienone is 2. The van der Waals surface area contributed by atoms with Crippen LogP contribution in [0.1, 0.15) is 70.3 Å². The fraction of sp³-hybridized carbons (Fsp3) is 0.621. The zero-order valence-corrected chi connectivity index (χ0v) is 20.5. The number of carbonyl (C=O) groups excluding carboxylic acids is 1. The Morgan fingerprint density at radius 2 is 2.06 bits per heavy atom. The van der Waals surface area contributed by atoms with Gasteiger partial charge in [0.15, 0.2) is 0 Å². The van der Waals surface area contributed by atoms with Crippen LogP contribution in [0.5, 0.6) is 0 Å². The third-order valence-corrected chi connectivity index (χ3v) is 7.47. The topological polar surface area (TPSA) is 55.8 Å². The summed E-state index contributed by atoms with van der Waals surface area (Å²) in [5.74, 6) is 0.688. The van der Waals surface area contributed by atoms with Gasteiger partial charge in [-0.1, -0.05) is 80.8 Å². The number of fused-ring (bicyclic) bond motifs is 2. The Balaban J connectivity index is 1.66. The largest absolute Gasteiger partial charge is 0.469 e. The molecule has 1 aliphatic heterocycles. The quantitative estimate of drug-likeness (QED) is 0.212. The molecule has 1 aromatic carbocycles. The van der Waals surface area contributed by atoms with Crippen LogP contribution in [0.4, 0.5) is 0 Å². The monoisotopic (exact) mass is 454 g/mol. The van der Waals surface area contributed by atoms with E-state index in [1.807, 2.05) is 6.08 Å². The fourth-order valence-electron chi connectivity index (χ4n) is 5.67. The minimum Gasteiger partial charge on any atom is -0.469 e. The Morgan fingerprint density at radius 1 is 1.24 bits per heavy atom. The second-order valence-electron chi connectivity index (χ2n) is 9.89. The van der Waals surface area contributed by atoms with Crippen molar-refractivity contribution in [3.63, 3.8) is 0 Å². The van der Waals surface area contributed by atoms with E-state index in [1.165, 1.54) is 25.5 Å². The summed E-state index contributed by atoms with van der Waals surface area (Å²) in [5.41, 5.74) is 1.52. The first kappa shape index (κ1) is 25.7. The molecule has 1 N–H and O–H groups in total. The second-order valence-corrected chi connectivity index (χ2v) is 9.89. The van der Waals surface area contributed by atoms with Gasteiger partial charge in [0.2, 0.25) is 0 Å². The Kier molecular flexibility index (Phi) is 10.2. The SMILES string of the molecule is CCCCC[C@H](O)/C=C/[C@@H]1[C@@H](C/C=C\CCCC(=O)OC)[C@@]2(Cc3ccccc3)CO[C@@H]1C2. The van der Waals surface area contributed by atoms with Gasteiger partial charge in [-0.25, -0.2) is 0 Å². The van der Waals surface area contributed by atoms with Crippen molar-refractivity contribution in [3.8, 4) is 0 Å². The van der Waals surface area contributed by atoms with Crippen molar-refractivity contribution in [3.05, 3.63) is 60.2 Å². The smallest absolute Gasteiger partial charge is 0.305 e. The van der Waals surface area contributed by atoms with Gasteiger partial charge in [0.25, 0.3) is 0 Å². The molecule has 2 fully saturated rings. The fourth-order valence-corrected chi connectivity index (χ4v) is 5.67. The number of methoxy groups -OCH3 is 1. The predicted octanol–water partition coefficient (Wildman–Crippen LogP) is 6.04. The third kappa shape index (κ3) is 7.28. The number of hydrogen-bond donors (Lipinski definition) is 1. The van der Waals surface area contributed by atoms with Crippen molar-refractivity contribution in [2.45, 2.75) is 83.3 Å². The molecular formula is C29H42O4. The maximum absolute atomic E-state index is 11.3. The molecule has 0 amide bonds. The first-order valence-electron chi connectivity index (χ1n) is 12.8. The molecule has 182 valence electrons. The lowest BCUT2D eigenvalue weighted by molar-refractivity contribution is -0.140. The molecule has 2 aliphatic rings. The molecule has 1 aliphatic carbocycles. The maximum atomic E-state index is 11.3. The zero-order chi connectivity index (χ0) is 23.5. The number of aliphatic hydroxyl groups is 1. The van der Waals surface area contributed by atoms with E-state index in [9.17, 15) is 9.90 Å². The molecule has 1 heterocycles. The number of esters is 1. The minimum atomic E-state index is -0.365. The molecule has 4 nitrogen and oxygen atoms in total. The molecule has 0 radical (unpaired) electrons. The molecule has 1 saturated carbocycles. The zero-order valence-electron chi connectivity index (χ0n) is 20.5. The van der Waals surface area contributed by atoms with Gasteiger partial charge in [-0.05, 0) is 50.0 Å². The highest BCUT2D eigenvalue weighted by molar-refractivity contribution is 5.69. The van der Waals surface area contributed by atoms with Crippen molar-refractivity contribution in [1.82, 2.24) is 0 Å². The van der Waals surface area contributed by atoms with Crippen LogP contribution >= 0.6 is 0 Å². The van der Waals surface area contributed by atoms with E-state index in [0.29, 0.717) is 18.3 Å². The van der Waals surface area contributed by atoms with E-state index in [1.54, 1.807) is 0 Å². The van der Waals surface area contributed by atoms with E-state index in [0.717, 1.165) is 51.6 Å². The average Bonchev–Trinajstić information content (AvgIpc) is 3.36. The highest BCUT2D eigenvalue weighted by Crippen LogP contribution is 2.57. The van der Waals surface area contributed by atoms with Crippen LogP contribution < -0.4 is 0 Å². The van der Waals surface area contributed by atoms with Crippen LogP contribution in [0, 0.1) is 17.3 Å². The molecule has 1 aromatic rings. The van der Waals surface area contributed by atoms with E-state index >= 15 is 0 Å². The highest BCUT2D eigenvalue weighted by Gasteiger charge is 2.57. The van der Waals surface area contributed by atoms with Crippen molar-refractivity contribution < 1.29 is 19.4 Å². The first-order valence-corrected chi connectivity index (χ1v) is 12.8. The molecule has 4 heteroatoms. The van der Waals surface area contributed by atoms with Crippen molar-refractivity contribution in [2.24, 2.45) is 17.3 Å². The molecule has 33 heavy (non-hydrogen) atoms. The molecule has 0 unspecified atom stereocenters. The van der Waals surface area contributed by atoms with Gasteiger partial charge in [-0.15, -0.1) is 0 Å². The molecule has 5 atom stereocenters. The molecule has 2 bridgehead atoms. The summed E-state index contributed by atoms with van der Waals surface area (Å²) in [6.07, 6.45) is 18.2. The number of carbonyl (C=O) groups is 1. The van der Waals surface area contributed by atoms with Crippen LogP contribution in [-0.2, 0) is 20.7 Å². The van der Waals surface area contributed by atoms with Gasteiger partial charge in [0.1, 0.15) is 0 Å². The Labute approximate surface area is 200 Å². The average molecular weight is 455 g/mol. The number of ether oxygens (including phenoxy) is 2. The lowest BCUT2D eigenvalue weighted by Crippen LogP contribution is -2.37. The van der Waals surface area contributed by atoms with Gasteiger partial charge in [-0.2, -0.15) is 0 Å². The number of unbranched alkanes of at least 4 members (excludes halogenated alkanes) is 3. The second kappa shape index (κ2) is 13.1. The summed E-state index contributed by atoms with van der Waals surface area (Å²) in [4.78, 5) is 11.3. The summed E-state index contributed by atoms with van der Waals surface area (Å²) in [5, 5.41) is 10.5. The minimum absolute atomic E-state index is 0.141. The van der Waals surface area contributed by atoms with Gasteiger partial charge >= 0.3 is 5.97 Å². The van der Waals surface area contributed by atoms with Gasteiger partial charge < -0.3 is 14.6 Å². The molecular weight excluding hydrogens is 412 g/mol. The van der Waals surface area contributed by atoms with Crippen molar-refractivity contribution in [1.29, 1.82) is 0 Å². The summed E-state index contributed by atoms with van der Waals surface area (Å²) < 4.78 is 11.0. The third-order valence-electron chi connectivity index (χ3n) is 7.47. The predicted molar refractivity (Wildman–Crippen MR) is 133 cm³/mol. The summed E-state index contributed by atoms with van der Waals surface area (Å²) in [6.45, 7) is 3.01. The Hall–Kier alpha value is -1.91. The first-order chi connectivity index (χ1) is 16.1.